The maximum absolute atomic E-state index is 13.3. The van der Waals surface area contributed by atoms with Gasteiger partial charge >= 0.3 is 5.69 Å². The molecule has 28 heavy (non-hydrogen) atoms. The lowest BCUT2D eigenvalue weighted by Crippen LogP contribution is -2.15. The maximum Gasteiger partial charge on any atom is 0.332 e. The van der Waals surface area contributed by atoms with Crippen LogP contribution in [0.25, 0.3) is 28.2 Å². The molecule has 0 aliphatic carbocycles. The zero-order valence-corrected chi connectivity index (χ0v) is 14.9. The van der Waals surface area contributed by atoms with Crippen LogP contribution in [0.5, 0.6) is 0 Å². The molecule has 3 N–H and O–H groups in total. The number of fused-ring (bicyclic) bond motifs is 1. The van der Waals surface area contributed by atoms with Crippen LogP contribution in [0.1, 0.15) is 23.0 Å². The van der Waals surface area contributed by atoms with Gasteiger partial charge in [-0.1, -0.05) is 31.2 Å². The van der Waals surface area contributed by atoms with Crippen molar-refractivity contribution in [3.05, 3.63) is 76.1 Å². The van der Waals surface area contributed by atoms with Gasteiger partial charge in [0.15, 0.2) is 17.2 Å². The summed E-state index contributed by atoms with van der Waals surface area (Å²) < 4.78 is 14.5. The normalized spacial score (nSPS) is 11.1. The minimum absolute atomic E-state index is 0.0856. The summed E-state index contributed by atoms with van der Waals surface area (Å²) in [5.41, 5.74) is 7.42. The fourth-order valence-electron chi connectivity index (χ4n) is 3.01. The van der Waals surface area contributed by atoms with Crippen LogP contribution >= 0.6 is 0 Å². The second-order valence-electron chi connectivity index (χ2n) is 6.25. The molecular weight excluding hydrogens is 361 g/mol. The number of aryl methyl sites for hydroxylation is 1. The van der Waals surface area contributed by atoms with Gasteiger partial charge in [0.1, 0.15) is 11.3 Å². The van der Waals surface area contributed by atoms with Crippen molar-refractivity contribution in [2.45, 2.75) is 13.3 Å². The standard InChI is InChI=1S/C20H16FN5O2/c1-2-11-3-5-12(6-4-11)18-23-15(17(22)27)16-19(25-18)26(20(28)24-16)14-9-7-13(21)8-10-14/h3-10H,2H2,1H3,(H2,22,27)(H,24,28). The number of primary amides is 1. The van der Waals surface area contributed by atoms with Crippen LogP contribution in [0, 0.1) is 5.82 Å². The molecule has 0 atom stereocenters. The van der Waals surface area contributed by atoms with E-state index in [2.05, 4.69) is 15.0 Å². The highest BCUT2D eigenvalue weighted by Crippen LogP contribution is 2.22. The third kappa shape index (κ3) is 2.94. The Morgan fingerprint density at radius 2 is 1.79 bits per heavy atom. The largest absolute Gasteiger partial charge is 0.364 e. The Morgan fingerprint density at radius 3 is 2.39 bits per heavy atom. The molecule has 0 saturated heterocycles. The van der Waals surface area contributed by atoms with E-state index in [-0.39, 0.29) is 22.7 Å². The van der Waals surface area contributed by atoms with Gasteiger partial charge in [0.25, 0.3) is 5.91 Å². The number of nitrogens with zero attached hydrogens (tertiary/aromatic N) is 3. The van der Waals surface area contributed by atoms with Crippen molar-refractivity contribution >= 4 is 17.1 Å². The van der Waals surface area contributed by atoms with Gasteiger partial charge in [-0.3, -0.25) is 4.79 Å². The summed E-state index contributed by atoms with van der Waals surface area (Å²) in [6, 6.07) is 12.9. The van der Waals surface area contributed by atoms with Crippen molar-refractivity contribution in [1.82, 2.24) is 19.5 Å². The number of hydrogen-bond acceptors (Lipinski definition) is 4. The van der Waals surface area contributed by atoms with Crippen LogP contribution in [-0.2, 0) is 6.42 Å². The molecule has 0 saturated carbocycles. The number of nitrogens with one attached hydrogen (secondary N) is 1. The highest BCUT2D eigenvalue weighted by Gasteiger charge is 2.20. The monoisotopic (exact) mass is 377 g/mol. The maximum atomic E-state index is 13.3. The van der Waals surface area contributed by atoms with Crippen molar-refractivity contribution in [2.24, 2.45) is 5.73 Å². The molecule has 2 aromatic heterocycles. The number of nitrogens with two attached hydrogens (primary N) is 1. The molecule has 0 fully saturated rings. The predicted molar refractivity (Wildman–Crippen MR) is 103 cm³/mol. The molecule has 0 radical (unpaired) electrons. The second-order valence-corrected chi connectivity index (χ2v) is 6.25. The third-order valence-electron chi connectivity index (χ3n) is 4.48. The van der Waals surface area contributed by atoms with E-state index in [1.54, 1.807) is 0 Å². The summed E-state index contributed by atoms with van der Waals surface area (Å²) >= 11 is 0. The van der Waals surface area contributed by atoms with Gasteiger partial charge in [-0.15, -0.1) is 0 Å². The number of imidazole rings is 1. The number of aromatic amines is 1. The first kappa shape index (κ1) is 17.6. The molecule has 1 amide bonds. The zero-order chi connectivity index (χ0) is 19.8. The molecule has 2 heterocycles. The van der Waals surface area contributed by atoms with E-state index in [0.717, 1.165) is 12.0 Å². The number of amides is 1. The van der Waals surface area contributed by atoms with Crippen molar-refractivity contribution in [2.75, 3.05) is 0 Å². The van der Waals surface area contributed by atoms with Crippen molar-refractivity contribution < 1.29 is 9.18 Å². The number of rotatable bonds is 4. The minimum Gasteiger partial charge on any atom is -0.364 e. The van der Waals surface area contributed by atoms with Crippen molar-refractivity contribution in [1.29, 1.82) is 0 Å². The van der Waals surface area contributed by atoms with Crippen LogP contribution in [0.3, 0.4) is 0 Å². The number of H-pyrrole nitrogens is 1. The topological polar surface area (TPSA) is 107 Å². The number of halogens is 1. The Labute approximate surface area is 158 Å². The van der Waals surface area contributed by atoms with Crippen LogP contribution < -0.4 is 11.4 Å². The van der Waals surface area contributed by atoms with Gasteiger partial charge in [0, 0.05) is 5.56 Å². The fraction of sp³-hybridized carbons (Fsp3) is 0.100. The van der Waals surface area contributed by atoms with E-state index >= 15 is 0 Å². The Bertz CT molecular complexity index is 1240. The fourth-order valence-corrected chi connectivity index (χ4v) is 3.01. The van der Waals surface area contributed by atoms with Gasteiger partial charge < -0.3 is 10.7 Å². The van der Waals surface area contributed by atoms with E-state index < -0.39 is 17.4 Å². The molecule has 8 heteroatoms. The van der Waals surface area contributed by atoms with Gasteiger partial charge in [0.05, 0.1) is 5.69 Å². The van der Waals surface area contributed by atoms with Crippen LogP contribution in [0.4, 0.5) is 4.39 Å². The van der Waals surface area contributed by atoms with E-state index in [4.69, 9.17) is 5.73 Å². The first-order valence-electron chi connectivity index (χ1n) is 8.65. The molecule has 0 aliphatic rings. The van der Waals surface area contributed by atoms with Gasteiger partial charge in [-0.25, -0.2) is 23.7 Å². The number of hydrogen-bond donors (Lipinski definition) is 2. The molecule has 0 unspecified atom stereocenters. The first-order chi connectivity index (χ1) is 13.5. The SMILES string of the molecule is CCc1ccc(-c2nc(C(N)=O)c3[nH]c(=O)n(-c4ccc(F)cc4)c3n2)cc1. The highest BCUT2D eigenvalue weighted by atomic mass is 19.1. The lowest BCUT2D eigenvalue weighted by atomic mass is 10.1. The predicted octanol–water partition coefficient (Wildman–Crippen LogP) is 2.58. The summed E-state index contributed by atoms with van der Waals surface area (Å²) in [4.78, 5) is 35.8. The summed E-state index contributed by atoms with van der Waals surface area (Å²) in [6.45, 7) is 2.05. The van der Waals surface area contributed by atoms with Gasteiger partial charge in [-0.05, 0) is 36.2 Å². The van der Waals surface area contributed by atoms with E-state index in [9.17, 15) is 14.0 Å². The van der Waals surface area contributed by atoms with E-state index in [1.807, 2.05) is 31.2 Å². The van der Waals surface area contributed by atoms with Gasteiger partial charge in [-0.2, -0.15) is 0 Å². The molecule has 2 aromatic carbocycles. The molecule has 0 bridgehead atoms. The van der Waals surface area contributed by atoms with Crippen molar-refractivity contribution in [3.63, 3.8) is 0 Å². The summed E-state index contributed by atoms with van der Waals surface area (Å²) in [5.74, 6) is -0.953. The number of carbonyl (C=O) groups is 1. The molecular formula is C20H16FN5O2. The van der Waals surface area contributed by atoms with E-state index in [0.29, 0.717) is 11.3 Å². The molecule has 4 rings (SSSR count). The van der Waals surface area contributed by atoms with Crippen LogP contribution in [0.15, 0.2) is 53.3 Å². The quantitative estimate of drug-likeness (QED) is 0.570. The Balaban J connectivity index is 2.00. The molecule has 0 spiro atoms. The van der Waals surface area contributed by atoms with Crippen molar-refractivity contribution in [3.8, 4) is 17.1 Å². The molecule has 140 valence electrons. The molecule has 7 nitrogen and oxygen atoms in total. The van der Waals surface area contributed by atoms with Gasteiger partial charge in [0.2, 0.25) is 0 Å². The average molecular weight is 377 g/mol. The number of aromatic nitrogens is 4. The Kier molecular flexibility index (Phi) is 4.23. The number of carbonyl (C=O) groups excluding carboxylic acids is 1. The Hall–Kier alpha value is -3.81. The smallest absolute Gasteiger partial charge is 0.332 e. The van der Waals surface area contributed by atoms with Crippen LogP contribution in [0.2, 0.25) is 0 Å². The average Bonchev–Trinajstić information content (AvgIpc) is 3.03. The van der Waals surface area contributed by atoms with E-state index in [1.165, 1.54) is 28.8 Å². The zero-order valence-electron chi connectivity index (χ0n) is 14.9. The first-order valence-corrected chi connectivity index (χ1v) is 8.65. The summed E-state index contributed by atoms with van der Waals surface area (Å²) in [6.07, 6.45) is 0.884. The minimum atomic E-state index is -0.786. The lowest BCUT2D eigenvalue weighted by Gasteiger charge is -2.07. The van der Waals surface area contributed by atoms with Crippen LogP contribution in [-0.4, -0.2) is 25.4 Å². The highest BCUT2D eigenvalue weighted by molar-refractivity contribution is 6.02. The lowest BCUT2D eigenvalue weighted by molar-refractivity contribution is 0.0997. The number of benzene rings is 2. The summed E-state index contributed by atoms with van der Waals surface area (Å²) in [5, 5.41) is 0. The Morgan fingerprint density at radius 1 is 1.11 bits per heavy atom. The molecule has 4 aromatic rings. The third-order valence-corrected chi connectivity index (χ3v) is 4.48. The molecule has 0 aliphatic heterocycles. The summed E-state index contributed by atoms with van der Waals surface area (Å²) in [7, 11) is 0. The second kappa shape index (κ2) is 6.73.